The average Bonchev–Trinajstić information content (AvgIpc) is 2.92. The second-order valence-electron chi connectivity index (χ2n) is 9.90. The fraction of sp³-hybridized carbons (Fsp3) is 0.500. The SMILES string of the molecule is CCON=C(c1ccc(Br)cc1)C1CCN(C2(C#N)CCN(C(=O)c3c(C)cc[n+](O)c3C)CC2)CC1. The van der Waals surface area contributed by atoms with Gasteiger partial charge in [0.15, 0.2) is 0 Å². The number of likely N-dealkylation sites (tertiary alicyclic amines) is 2. The molecule has 0 bridgehead atoms. The molecule has 0 spiro atoms. The molecule has 2 saturated heterocycles. The third kappa shape index (κ3) is 5.65. The van der Waals surface area contributed by atoms with Crippen molar-refractivity contribution < 1.29 is 19.6 Å². The van der Waals surface area contributed by atoms with Crippen molar-refractivity contribution >= 4 is 27.5 Å². The van der Waals surface area contributed by atoms with Gasteiger partial charge in [0.1, 0.15) is 17.7 Å². The van der Waals surface area contributed by atoms with Crippen LogP contribution in [-0.2, 0) is 4.84 Å². The number of halogens is 1. The Kier molecular flexibility index (Phi) is 8.50. The van der Waals surface area contributed by atoms with Gasteiger partial charge in [-0.05, 0) is 62.8 Å². The molecular weight excluding hydrogens is 534 g/mol. The molecule has 8 nitrogen and oxygen atoms in total. The van der Waals surface area contributed by atoms with E-state index in [0.717, 1.165) is 52.0 Å². The van der Waals surface area contributed by atoms with E-state index in [0.29, 0.717) is 43.8 Å². The van der Waals surface area contributed by atoms with Crippen molar-refractivity contribution in [1.29, 1.82) is 5.26 Å². The van der Waals surface area contributed by atoms with Crippen LogP contribution in [0, 0.1) is 31.1 Å². The van der Waals surface area contributed by atoms with E-state index in [9.17, 15) is 15.3 Å². The maximum absolute atomic E-state index is 13.3. The van der Waals surface area contributed by atoms with Crippen molar-refractivity contribution in [3.63, 3.8) is 0 Å². The lowest BCUT2D eigenvalue weighted by Crippen LogP contribution is -2.58. The number of rotatable bonds is 6. The Morgan fingerprint density at radius 3 is 2.43 bits per heavy atom. The highest BCUT2D eigenvalue weighted by atomic mass is 79.9. The van der Waals surface area contributed by atoms with E-state index in [1.165, 1.54) is 0 Å². The molecule has 2 aliphatic rings. The molecule has 0 radical (unpaired) electrons. The summed E-state index contributed by atoms with van der Waals surface area (Å²) >= 11 is 3.50. The number of piperidine rings is 2. The number of nitriles is 1. The number of carbonyl (C=O) groups excluding carboxylic acids is 1. The number of carbonyl (C=O) groups is 1. The van der Waals surface area contributed by atoms with Crippen LogP contribution >= 0.6 is 15.9 Å². The monoisotopic (exact) mass is 568 g/mol. The number of amides is 1. The fourth-order valence-electron chi connectivity index (χ4n) is 5.54. The molecule has 4 rings (SSSR count). The molecular formula is C28H35BrN5O3+. The van der Waals surface area contributed by atoms with Crippen LogP contribution in [0.4, 0.5) is 0 Å². The number of hydrogen-bond acceptors (Lipinski definition) is 6. The normalized spacial score (nSPS) is 18.9. The zero-order chi connectivity index (χ0) is 26.6. The Labute approximate surface area is 227 Å². The van der Waals surface area contributed by atoms with Gasteiger partial charge in [-0.15, -0.1) is 0 Å². The van der Waals surface area contributed by atoms with Gasteiger partial charge in [0.2, 0.25) is 11.9 Å². The molecule has 0 saturated carbocycles. The summed E-state index contributed by atoms with van der Waals surface area (Å²) in [6.45, 7) is 8.71. The molecule has 9 heteroatoms. The Morgan fingerprint density at radius 2 is 1.84 bits per heavy atom. The van der Waals surface area contributed by atoms with E-state index in [2.05, 4.69) is 44.2 Å². The maximum atomic E-state index is 13.3. The van der Waals surface area contributed by atoms with Crippen LogP contribution in [0.2, 0.25) is 0 Å². The van der Waals surface area contributed by atoms with Crippen LogP contribution in [0.1, 0.15) is 59.8 Å². The molecule has 0 atom stereocenters. The Bertz CT molecular complexity index is 1190. The minimum absolute atomic E-state index is 0.0880. The van der Waals surface area contributed by atoms with Crippen LogP contribution in [0.3, 0.4) is 0 Å². The summed E-state index contributed by atoms with van der Waals surface area (Å²) in [5.74, 6) is 0.172. The zero-order valence-electron chi connectivity index (χ0n) is 21.8. The molecule has 37 heavy (non-hydrogen) atoms. The van der Waals surface area contributed by atoms with E-state index >= 15 is 0 Å². The van der Waals surface area contributed by atoms with E-state index in [1.807, 2.05) is 30.9 Å². The fourth-order valence-corrected chi connectivity index (χ4v) is 5.80. The molecule has 1 aromatic heterocycles. The Morgan fingerprint density at radius 1 is 1.19 bits per heavy atom. The van der Waals surface area contributed by atoms with Crippen molar-refractivity contribution in [2.45, 2.75) is 52.0 Å². The predicted molar refractivity (Wildman–Crippen MR) is 143 cm³/mol. The van der Waals surface area contributed by atoms with Gasteiger partial charge in [0.05, 0.1) is 11.8 Å². The largest absolute Gasteiger partial charge is 0.396 e. The van der Waals surface area contributed by atoms with Crippen molar-refractivity contribution in [2.75, 3.05) is 32.8 Å². The molecule has 1 N–H and O–H groups in total. The second kappa shape index (κ2) is 11.6. The number of aryl methyl sites for hydroxylation is 1. The van der Waals surface area contributed by atoms with Gasteiger partial charge in [-0.2, -0.15) is 5.26 Å². The first-order valence-corrected chi connectivity index (χ1v) is 13.7. The van der Waals surface area contributed by atoms with Gasteiger partial charge in [0.25, 0.3) is 5.91 Å². The van der Waals surface area contributed by atoms with Gasteiger partial charge < -0.3 is 9.74 Å². The first kappa shape index (κ1) is 27.1. The number of aromatic nitrogens is 1. The standard InChI is InChI=1S/C28H35BrN5O3/c1-4-37-31-26(22-5-7-24(29)8-6-22)23-10-14-33(15-11-23)28(19-30)12-17-32(18-13-28)27(35)25-20(2)9-16-34(36)21(25)3/h5-9,16,23,36H,4,10-15,17-18H2,1-3H3/q+1. The Balaban J connectivity index is 1.42. The van der Waals surface area contributed by atoms with Gasteiger partial charge in [-0.3, -0.25) is 14.9 Å². The number of hydrogen-bond donors (Lipinski definition) is 1. The summed E-state index contributed by atoms with van der Waals surface area (Å²) in [4.78, 5) is 22.9. The first-order chi connectivity index (χ1) is 17.8. The van der Waals surface area contributed by atoms with Crippen molar-refractivity contribution in [1.82, 2.24) is 9.80 Å². The smallest absolute Gasteiger partial charge is 0.260 e. The maximum Gasteiger partial charge on any atom is 0.260 e. The molecule has 1 amide bonds. The van der Waals surface area contributed by atoms with E-state index in [-0.39, 0.29) is 11.8 Å². The number of benzene rings is 1. The topological polar surface area (TPSA) is 93.0 Å². The molecule has 0 unspecified atom stereocenters. The van der Waals surface area contributed by atoms with Gasteiger partial charge in [-0.25, -0.2) is 0 Å². The van der Waals surface area contributed by atoms with Crippen molar-refractivity contribution in [2.24, 2.45) is 11.1 Å². The van der Waals surface area contributed by atoms with Gasteiger partial charge in [-0.1, -0.05) is 33.2 Å². The highest BCUT2D eigenvalue weighted by Gasteiger charge is 2.43. The molecule has 0 aliphatic carbocycles. The first-order valence-electron chi connectivity index (χ1n) is 12.9. The molecule has 2 aliphatic heterocycles. The van der Waals surface area contributed by atoms with Gasteiger partial charge >= 0.3 is 0 Å². The summed E-state index contributed by atoms with van der Waals surface area (Å²) in [5, 5.41) is 24.8. The summed E-state index contributed by atoms with van der Waals surface area (Å²) in [7, 11) is 0. The summed E-state index contributed by atoms with van der Waals surface area (Å²) < 4.78 is 2.02. The lowest BCUT2D eigenvalue weighted by molar-refractivity contribution is -0.908. The lowest BCUT2D eigenvalue weighted by Gasteiger charge is -2.47. The summed E-state index contributed by atoms with van der Waals surface area (Å²) in [6, 6.07) is 12.5. The van der Waals surface area contributed by atoms with Gasteiger partial charge in [0, 0.05) is 54.3 Å². The average molecular weight is 570 g/mol. The van der Waals surface area contributed by atoms with Crippen LogP contribution in [-0.4, -0.2) is 65.0 Å². The molecule has 1 aromatic carbocycles. The lowest BCUT2D eigenvalue weighted by atomic mass is 9.82. The van der Waals surface area contributed by atoms with E-state index in [1.54, 1.807) is 19.2 Å². The third-order valence-electron chi connectivity index (χ3n) is 7.78. The summed E-state index contributed by atoms with van der Waals surface area (Å²) in [6.07, 6.45) is 4.55. The number of nitrogens with zero attached hydrogens (tertiary/aromatic N) is 5. The van der Waals surface area contributed by atoms with E-state index in [4.69, 9.17) is 4.84 Å². The number of pyridine rings is 1. The van der Waals surface area contributed by atoms with Crippen molar-refractivity contribution in [3.05, 3.63) is 63.4 Å². The Hall–Kier alpha value is -2.96. The minimum atomic E-state index is -0.575. The quantitative estimate of drug-likeness (QED) is 0.243. The molecule has 196 valence electrons. The highest BCUT2D eigenvalue weighted by molar-refractivity contribution is 9.10. The molecule has 3 heterocycles. The van der Waals surface area contributed by atoms with Crippen LogP contribution in [0.25, 0.3) is 0 Å². The summed E-state index contributed by atoms with van der Waals surface area (Å²) in [5.41, 5.74) is 3.35. The number of oxime groups is 1. The minimum Gasteiger partial charge on any atom is -0.396 e. The highest BCUT2D eigenvalue weighted by Crippen LogP contribution is 2.34. The van der Waals surface area contributed by atoms with Crippen LogP contribution < -0.4 is 4.73 Å². The van der Waals surface area contributed by atoms with Crippen LogP contribution in [0.5, 0.6) is 0 Å². The van der Waals surface area contributed by atoms with Crippen molar-refractivity contribution in [3.8, 4) is 6.07 Å². The van der Waals surface area contributed by atoms with Crippen LogP contribution in [0.15, 0.2) is 46.2 Å². The second-order valence-corrected chi connectivity index (χ2v) is 10.8. The molecule has 2 fully saturated rings. The third-order valence-corrected chi connectivity index (χ3v) is 8.31. The zero-order valence-corrected chi connectivity index (χ0v) is 23.4. The predicted octanol–water partition coefficient (Wildman–Crippen LogP) is 4.24. The molecule has 2 aromatic rings. The van der Waals surface area contributed by atoms with E-state index < -0.39 is 5.54 Å².